The van der Waals surface area contributed by atoms with Crippen LogP contribution in [0.15, 0.2) is 12.2 Å². The van der Waals surface area contributed by atoms with Gasteiger partial charge >= 0.3 is 227 Å². The zero-order chi connectivity index (χ0) is 36.0. The van der Waals surface area contributed by atoms with Gasteiger partial charge in [-0.05, 0) is 11.8 Å². The normalized spacial score (nSPS) is 12.5. The number of hydrogen-bond donors (Lipinski definition) is 0. The van der Waals surface area contributed by atoms with Crippen LogP contribution in [0.25, 0.3) is 0 Å². The van der Waals surface area contributed by atoms with Crippen molar-refractivity contribution in [2.24, 2.45) is 11.8 Å². The van der Waals surface area contributed by atoms with Crippen LogP contribution in [0.5, 0.6) is 0 Å². The summed E-state index contributed by atoms with van der Waals surface area (Å²) < 4.78 is 27.7. The summed E-state index contributed by atoms with van der Waals surface area (Å²) in [6.07, 6.45) is 35.5. The van der Waals surface area contributed by atoms with Gasteiger partial charge in [0.2, 0.25) is 0 Å². The van der Waals surface area contributed by atoms with E-state index < -0.39 is 22.0 Å². The summed E-state index contributed by atoms with van der Waals surface area (Å²) in [7, 11) is 0. The van der Waals surface area contributed by atoms with E-state index in [-0.39, 0.29) is 6.10 Å². The molecule has 0 aromatic carbocycles. The number of unbranched alkanes of at least 4 members (excludes halogenated alkanes) is 24. The Morgan fingerprint density at radius 1 is 0.479 bits per heavy atom. The average molecular weight is 715 g/mol. The molecule has 4 nitrogen and oxygen atoms in total. The zero-order valence-electron chi connectivity index (χ0n) is 33.8. The molecule has 5 heteroatoms. The second kappa shape index (κ2) is 30.3. The summed E-state index contributed by atoms with van der Waals surface area (Å²) in [4.78, 5) is 12.7. The van der Waals surface area contributed by atoms with Gasteiger partial charge < -0.3 is 0 Å². The molecule has 0 aliphatic rings. The molecular formula is C43H86O4Ti. The molecule has 0 rings (SSSR count). The van der Waals surface area contributed by atoms with Crippen LogP contribution < -0.4 is 0 Å². The van der Waals surface area contributed by atoms with Crippen LogP contribution in [-0.4, -0.2) is 12.1 Å². The molecule has 0 bridgehead atoms. The van der Waals surface area contributed by atoms with E-state index in [4.69, 9.17) is 6.64 Å². The number of carbonyl (C=O) groups excluding carboxylic acids is 1. The summed E-state index contributed by atoms with van der Waals surface area (Å²) in [5, 5.41) is 0. The number of hydrogen-bond acceptors (Lipinski definition) is 4. The maximum absolute atomic E-state index is 14.8. The third kappa shape index (κ3) is 29.4. The summed E-state index contributed by atoms with van der Waals surface area (Å²) >= 11 is -5.22. The van der Waals surface area contributed by atoms with Crippen LogP contribution in [-0.2, 0) is 30.8 Å². The van der Waals surface area contributed by atoms with Crippen molar-refractivity contribution in [1.29, 1.82) is 0 Å². The van der Waals surface area contributed by atoms with Crippen molar-refractivity contribution in [1.82, 2.24) is 0 Å². The summed E-state index contributed by atoms with van der Waals surface area (Å²) in [6, 6.07) is 0. The van der Waals surface area contributed by atoms with E-state index in [0.717, 1.165) is 50.4 Å². The Kier molecular flexibility index (Phi) is 30.1. The van der Waals surface area contributed by atoms with Crippen LogP contribution in [0, 0.1) is 11.8 Å². The van der Waals surface area contributed by atoms with Crippen molar-refractivity contribution in [3.8, 4) is 0 Å². The monoisotopic (exact) mass is 715 g/mol. The van der Waals surface area contributed by atoms with E-state index in [9.17, 15) is 8.12 Å². The first-order valence-electron chi connectivity index (χ1n) is 21.3. The molecule has 0 atom stereocenters. The van der Waals surface area contributed by atoms with E-state index in [1.54, 1.807) is 6.92 Å². The minimum absolute atomic E-state index is 0.238. The molecule has 0 radical (unpaired) electrons. The minimum atomic E-state index is -5.22. The zero-order valence-corrected chi connectivity index (χ0v) is 35.3. The molecule has 0 spiro atoms. The van der Waals surface area contributed by atoms with Gasteiger partial charge in [-0.2, -0.15) is 0 Å². The maximum atomic E-state index is 14.8. The predicted octanol–water partition coefficient (Wildman–Crippen LogP) is 15.5. The van der Waals surface area contributed by atoms with Crippen LogP contribution in [0.2, 0.25) is 9.45 Å². The molecule has 0 saturated carbocycles. The third-order valence-electron chi connectivity index (χ3n) is 10.0. The number of carbonyl (C=O) groups is 1. The van der Waals surface area contributed by atoms with Crippen LogP contribution in [0.3, 0.4) is 0 Å². The molecule has 48 heavy (non-hydrogen) atoms. The van der Waals surface area contributed by atoms with E-state index in [1.807, 2.05) is 13.8 Å². The Morgan fingerprint density at radius 2 is 0.729 bits per heavy atom. The Morgan fingerprint density at radius 3 is 0.958 bits per heavy atom. The second-order valence-electron chi connectivity index (χ2n) is 16.8. The summed E-state index contributed by atoms with van der Waals surface area (Å²) in [5.74, 6) is 1.14. The molecule has 0 heterocycles. The van der Waals surface area contributed by atoms with Gasteiger partial charge in [0.1, 0.15) is 0 Å². The van der Waals surface area contributed by atoms with Crippen molar-refractivity contribution in [3.63, 3.8) is 0 Å². The van der Waals surface area contributed by atoms with Gasteiger partial charge in [-0.3, -0.25) is 0 Å². The van der Waals surface area contributed by atoms with Gasteiger partial charge in [0.05, 0.1) is 0 Å². The quantitative estimate of drug-likeness (QED) is 0.0368. The fraction of sp³-hybridized carbons (Fsp3) is 0.930. The third-order valence-corrected chi connectivity index (χ3v) is 16.7. The van der Waals surface area contributed by atoms with E-state index >= 15 is 0 Å². The molecule has 286 valence electrons. The molecule has 0 N–H and O–H groups in total. The molecule has 0 aliphatic heterocycles. The molecule has 0 amide bonds. The van der Waals surface area contributed by atoms with E-state index in [0.29, 0.717) is 15.0 Å². The Bertz CT molecular complexity index is 789. The first kappa shape index (κ1) is 47.7. The van der Waals surface area contributed by atoms with E-state index in [2.05, 4.69) is 34.3 Å². The first-order valence-corrected chi connectivity index (χ1v) is 25.5. The first-order chi connectivity index (χ1) is 22.9. The molecule has 0 aliphatic carbocycles. The van der Waals surface area contributed by atoms with Crippen molar-refractivity contribution in [2.75, 3.05) is 0 Å². The predicted molar refractivity (Wildman–Crippen MR) is 206 cm³/mol. The van der Waals surface area contributed by atoms with E-state index in [1.165, 1.54) is 141 Å². The van der Waals surface area contributed by atoms with Gasteiger partial charge in [0.25, 0.3) is 0 Å². The molecule has 0 unspecified atom stereocenters. The average Bonchev–Trinajstić information content (AvgIpc) is 3.00. The van der Waals surface area contributed by atoms with Crippen molar-refractivity contribution in [2.45, 2.75) is 244 Å². The van der Waals surface area contributed by atoms with Gasteiger partial charge in [-0.15, -0.1) is 0 Å². The molecule has 0 aromatic heterocycles. The molecule has 0 aromatic rings. The van der Waals surface area contributed by atoms with Gasteiger partial charge in [0, 0.05) is 0 Å². The molecule has 0 fully saturated rings. The fourth-order valence-electron chi connectivity index (χ4n) is 7.12. The SMILES string of the molecule is C=C(C)C(=O)[O][Ti](=[O])([CH2]CCCCCCCCCCCCCCC(C)C)([CH2]CCCCCCCCCCCCCCC(C)C)[O]C(C)C. The van der Waals surface area contributed by atoms with Crippen molar-refractivity contribution >= 4 is 5.97 Å². The molecular weight excluding hydrogens is 628 g/mol. The second-order valence-corrected chi connectivity index (χ2v) is 23.3. The van der Waals surface area contributed by atoms with Gasteiger partial charge in [0.15, 0.2) is 0 Å². The van der Waals surface area contributed by atoms with Crippen molar-refractivity contribution < 1.29 is 30.8 Å². The summed E-state index contributed by atoms with van der Waals surface area (Å²) in [6.45, 7) is 18.5. The van der Waals surface area contributed by atoms with Crippen LogP contribution in [0.4, 0.5) is 0 Å². The molecule has 0 saturated heterocycles. The Labute approximate surface area is 303 Å². The number of rotatable bonds is 36. The topological polar surface area (TPSA) is 52.6 Å². The Balaban J connectivity index is 4.36. The summed E-state index contributed by atoms with van der Waals surface area (Å²) in [5.41, 5.74) is 0.297. The fourth-order valence-corrected chi connectivity index (χ4v) is 13.7. The standard InChI is InChI=1S/2C18H37.C4H6O2.C3H7O.O.Ti/c2*1-4-5-6-7-8-9-10-11-12-13-14-15-16-17-18(2)3;1-3(2)4(5)6;1-3(2)4;;/h2*18H,1,4-17H2,2-3H3;1H2,2H3,(H,5,6);3H,1-2H3;;/q;;;-1;;+2/p-1. The Hall–Kier alpha value is -0.316. The van der Waals surface area contributed by atoms with Crippen LogP contribution in [0.1, 0.15) is 228 Å². The van der Waals surface area contributed by atoms with Gasteiger partial charge in [-0.1, -0.05) is 66.2 Å². The van der Waals surface area contributed by atoms with Crippen LogP contribution >= 0.6 is 0 Å². The van der Waals surface area contributed by atoms with Crippen molar-refractivity contribution in [3.05, 3.63) is 12.2 Å². The van der Waals surface area contributed by atoms with Gasteiger partial charge in [-0.25, -0.2) is 0 Å².